The molecule has 0 spiro atoms. The molecule has 0 aliphatic heterocycles. The van der Waals surface area contributed by atoms with Gasteiger partial charge in [0.05, 0.1) is 0 Å². The molecule has 10 heavy (non-hydrogen) atoms. The summed E-state index contributed by atoms with van der Waals surface area (Å²) in [5.41, 5.74) is 0. The van der Waals surface area contributed by atoms with E-state index in [0.717, 1.165) is 12.7 Å². The minimum Gasteiger partial charge on any atom is -0.303 e. The van der Waals surface area contributed by atoms with Crippen LogP contribution in [0.15, 0.2) is 0 Å². The van der Waals surface area contributed by atoms with Crippen molar-refractivity contribution in [1.82, 2.24) is 0 Å². The Morgan fingerprint density at radius 2 is 1.80 bits per heavy atom. The third-order valence-corrected chi connectivity index (χ3v) is 2.22. The number of rotatable bonds is 4. The SMILES string of the molecule is CCC(C(C)C)C(C)C=O. The van der Waals surface area contributed by atoms with Crippen molar-refractivity contribution < 1.29 is 4.79 Å². The van der Waals surface area contributed by atoms with Crippen molar-refractivity contribution in [3.8, 4) is 0 Å². The van der Waals surface area contributed by atoms with Crippen LogP contribution in [0.1, 0.15) is 34.1 Å². The number of hydrogen-bond donors (Lipinski definition) is 0. The summed E-state index contributed by atoms with van der Waals surface area (Å²) in [7, 11) is 0. The van der Waals surface area contributed by atoms with Gasteiger partial charge < -0.3 is 4.79 Å². The lowest BCUT2D eigenvalue weighted by Crippen LogP contribution is -2.17. The molecule has 0 aromatic carbocycles. The fourth-order valence-electron chi connectivity index (χ4n) is 1.55. The molecule has 0 saturated carbocycles. The van der Waals surface area contributed by atoms with E-state index < -0.39 is 0 Å². The molecular weight excluding hydrogens is 124 g/mol. The summed E-state index contributed by atoms with van der Waals surface area (Å²) in [6.07, 6.45) is 2.17. The van der Waals surface area contributed by atoms with Crippen LogP contribution in [0.2, 0.25) is 0 Å². The fraction of sp³-hybridized carbons (Fsp3) is 0.889. The zero-order valence-electron chi connectivity index (χ0n) is 7.42. The average Bonchev–Trinajstić information content (AvgIpc) is 1.88. The maximum Gasteiger partial charge on any atom is 0.123 e. The Kier molecular flexibility index (Phi) is 4.33. The van der Waals surface area contributed by atoms with Crippen LogP contribution in [-0.4, -0.2) is 6.29 Å². The quantitative estimate of drug-likeness (QED) is 0.551. The molecule has 2 atom stereocenters. The van der Waals surface area contributed by atoms with Crippen molar-refractivity contribution in [3.63, 3.8) is 0 Å². The highest BCUT2D eigenvalue weighted by Crippen LogP contribution is 2.22. The Morgan fingerprint density at radius 1 is 1.30 bits per heavy atom. The van der Waals surface area contributed by atoms with E-state index in [0.29, 0.717) is 11.8 Å². The van der Waals surface area contributed by atoms with E-state index in [2.05, 4.69) is 20.8 Å². The van der Waals surface area contributed by atoms with Gasteiger partial charge in [-0.1, -0.05) is 34.1 Å². The zero-order chi connectivity index (χ0) is 8.15. The molecule has 0 bridgehead atoms. The third-order valence-electron chi connectivity index (χ3n) is 2.22. The van der Waals surface area contributed by atoms with Gasteiger partial charge in [0.15, 0.2) is 0 Å². The summed E-state index contributed by atoms with van der Waals surface area (Å²) in [5.74, 6) is 1.42. The number of aldehydes is 1. The molecule has 1 nitrogen and oxygen atoms in total. The molecule has 0 fully saturated rings. The van der Waals surface area contributed by atoms with Gasteiger partial charge in [-0.05, 0) is 11.8 Å². The van der Waals surface area contributed by atoms with Crippen LogP contribution in [0.3, 0.4) is 0 Å². The van der Waals surface area contributed by atoms with Gasteiger partial charge in [0.2, 0.25) is 0 Å². The monoisotopic (exact) mass is 142 g/mol. The molecule has 0 amide bonds. The van der Waals surface area contributed by atoms with Crippen molar-refractivity contribution in [2.75, 3.05) is 0 Å². The first kappa shape index (κ1) is 9.67. The fourth-order valence-corrected chi connectivity index (χ4v) is 1.55. The highest BCUT2D eigenvalue weighted by Gasteiger charge is 2.17. The standard InChI is InChI=1S/C9H18O/c1-5-9(7(2)3)8(4)6-10/h6-9H,5H2,1-4H3. The van der Waals surface area contributed by atoms with Gasteiger partial charge in [0.1, 0.15) is 6.29 Å². The molecule has 0 aromatic rings. The van der Waals surface area contributed by atoms with E-state index in [1.807, 2.05) is 6.92 Å². The maximum absolute atomic E-state index is 10.4. The minimum atomic E-state index is 0.227. The van der Waals surface area contributed by atoms with E-state index in [9.17, 15) is 4.79 Å². The summed E-state index contributed by atoms with van der Waals surface area (Å²) < 4.78 is 0. The Bertz CT molecular complexity index is 96.9. The van der Waals surface area contributed by atoms with Gasteiger partial charge in [-0.2, -0.15) is 0 Å². The van der Waals surface area contributed by atoms with Crippen molar-refractivity contribution in [3.05, 3.63) is 0 Å². The lowest BCUT2D eigenvalue weighted by Gasteiger charge is -2.21. The van der Waals surface area contributed by atoms with E-state index in [4.69, 9.17) is 0 Å². The smallest absolute Gasteiger partial charge is 0.123 e. The van der Waals surface area contributed by atoms with Crippen molar-refractivity contribution in [2.45, 2.75) is 34.1 Å². The average molecular weight is 142 g/mol. The van der Waals surface area contributed by atoms with Crippen molar-refractivity contribution in [1.29, 1.82) is 0 Å². The first-order chi connectivity index (χ1) is 4.63. The van der Waals surface area contributed by atoms with Crippen LogP contribution in [0.25, 0.3) is 0 Å². The molecule has 60 valence electrons. The normalized spacial score (nSPS) is 16.9. The van der Waals surface area contributed by atoms with Crippen LogP contribution < -0.4 is 0 Å². The largest absolute Gasteiger partial charge is 0.303 e. The molecular formula is C9H18O. The summed E-state index contributed by atoms with van der Waals surface area (Å²) >= 11 is 0. The number of hydrogen-bond acceptors (Lipinski definition) is 1. The molecule has 0 radical (unpaired) electrons. The Hall–Kier alpha value is -0.330. The number of carbonyl (C=O) groups excluding carboxylic acids is 1. The van der Waals surface area contributed by atoms with Gasteiger partial charge >= 0.3 is 0 Å². The second-order valence-corrected chi connectivity index (χ2v) is 3.31. The summed E-state index contributed by atoms with van der Waals surface area (Å²) in [6.45, 7) is 8.49. The Balaban J connectivity index is 3.92. The first-order valence-corrected chi connectivity index (χ1v) is 4.08. The molecule has 0 heterocycles. The summed E-state index contributed by atoms with van der Waals surface area (Å²) in [4.78, 5) is 10.4. The van der Waals surface area contributed by atoms with E-state index in [1.54, 1.807) is 0 Å². The highest BCUT2D eigenvalue weighted by molar-refractivity contribution is 5.53. The molecule has 0 saturated heterocycles. The first-order valence-electron chi connectivity index (χ1n) is 4.08. The highest BCUT2D eigenvalue weighted by atomic mass is 16.1. The molecule has 0 rings (SSSR count). The molecule has 0 N–H and O–H groups in total. The van der Waals surface area contributed by atoms with Crippen LogP contribution in [0, 0.1) is 17.8 Å². The predicted octanol–water partition coefficient (Wildman–Crippen LogP) is 2.50. The molecule has 0 aliphatic carbocycles. The van der Waals surface area contributed by atoms with Crippen molar-refractivity contribution >= 4 is 6.29 Å². The van der Waals surface area contributed by atoms with Crippen molar-refractivity contribution in [2.24, 2.45) is 17.8 Å². The maximum atomic E-state index is 10.4. The van der Waals surface area contributed by atoms with Gasteiger partial charge in [-0.3, -0.25) is 0 Å². The Morgan fingerprint density at radius 3 is 1.90 bits per heavy atom. The minimum absolute atomic E-state index is 0.227. The predicted molar refractivity (Wildman–Crippen MR) is 43.8 cm³/mol. The summed E-state index contributed by atoms with van der Waals surface area (Å²) in [6, 6.07) is 0. The lowest BCUT2D eigenvalue weighted by molar-refractivity contribution is -0.112. The molecule has 2 unspecified atom stereocenters. The van der Waals surface area contributed by atoms with Gasteiger partial charge in [0.25, 0.3) is 0 Å². The number of carbonyl (C=O) groups is 1. The molecule has 0 aliphatic rings. The van der Waals surface area contributed by atoms with E-state index >= 15 is 0 Å². The second-order valence-electron chi connectivity index (χ2n) is 3.31. The topological polar surface area (TPSA) is 17.1 Å². The lowest BCUT2D eigenvalue weighted by atomic mass is 9.83. The van der Waals surface area contributed by atoms with Crippen LogP contribution in [-0.2, 0) is 4.79 Å². The van der Waals surface area contributed by atoms with Crippen LogP contribution in [0.5, 0.6) is 0 Å². The molecule has 0 aromatic heterocycles. The molecule has 1 heteroatoms. The summed E-state index contributed by atoms with van der Waals surface area (Å²) in [5, 5.41) is 0. The van der Waals surface area contributed by atoms with Crippen LogP contribution in [0.4, 0.5) is 0 Å². The van der Waals surface area contributed by atoms with Gasteiger partial charge in [-0.15, -0.1) is 0 Å². The van der Waals surface area contributed by atoms with Crippen LogP contribution >= 0.6 is 0 Å². The zero-order valence-corrected chi connectivity index (χ0v) is 7.42. The van der Waals surface area contributed by atoms with E-state index in [1.165, 1.54) is 0 Å². The van der Waals surface area contributed by atoms with E-state index in [-0.39, 0.29) is 5.92 Å². The van der Waals surface area contributed by atoms with Gasteiger partial charge in [-0.25, -0.2) is 0 Å². The van der Waals surface area contributed by atoms with Gasteiger partial charge in [0, 0.05) is 5.92 Å². The third kappa shape index (κ3) is 2.51. The Labute approximate surface area is 63.8 Å². The second kappa shape index (κ2) is 4.48.